The highest BCUT2D eigenvalue weighted by Gasteiger charge is 2.36. The Balaban J connectivity index is 1.50. The molecule has 2 aromatic carbocycles. The molecule has 2 bridgehead atoms. The predicted octanol–water partition coefficient (Wildman–Crippen LogP) is 4.75. The third-order valence-corrected chi connectivity index (χ3v) is 7.98. The summed E-state index contributed by atoms with van der Waals surface area (Å²) in [5, 5.41) is 0. The van der Waals surface area contributed by atoms with Crippen LogP contribution >= 0.6 is 0 Å². The molecule has 0 aliphatic carbocycles. The van der Waals surface area contributed by atoms with E-state index in [2.05, 4.69) is 41.1 Å². The number of benzene rings is 2. The lowest BCUT2D eigenvalue weighted by Gasteiger charge is -2.34. The Bertz CT molecular complexity index is 1240. The van der Waals surface area contributed by atoms with Crippen LogP contribution in [-0.4, -0.2) is 51.8 Å². The lowest BCUT2D eigenvalue weighted by atomic mass is 10.0. The molecule has 0 saturated carbocycles. The standard InChI is InChI=1S/C31H36N4O2/c1-23-7-3-4-8-26(23)19-31(37)33-21-27-9-5-6-10-30(27)34(24(2)36)18-15-28-11-12-29(22-33)35(28)20-25-13-16-32-17-14-25/h3-10,13-14,16-17,28-29H,11-12,15,18-22H2,1-2H3. The molecule has 0 radical (unpaired) electrons. The molecule has 37 heavy (non-hydrogen) atoms. The smallest absolute Gasteiger partial charge is 0.227 e. The molecule has 6 nitrogen and oxygen atoms in total. The summed E-state index contributed by atoms with van der Waals surface area (Å²) in [5.74, 6) is 0.171. The Kier molecular flexibility index (Phi) is 7.65. The van der Waals surface area contributed by atoms with Crippen molar-refractivity contribution in [2.45, 2.75) is 64.7 Å². The molecule has 1 fully saturated rings. The van der Waals surface area contributed by atoms with Gasteiger partial charge in [0.05, 0.1) is 6.42 Å². The molecule has 0 spiro atoms. The number of carbonyl (C=O) groups excluding carboxylic acids is 2. The lowest BCUT2D eigenvalue weighted by molar-refractivity contribution is -0.132. The first-order valence-electron chi connectivity index (χ1n) is 13.3. The van der Waals surface area contributed by atoms with E-state index in [1.165, 1.54) is 5.56 Å². The van der Waals surface area contributed by atoms with Gasteiger partial charge in [-0.1, -0.05) is 42.5 Å². The van der Waals surface area contributed by atoms with E-state index >= 15 is 0 Å². The molecular formula is C31H36N4O2. The van der Waals surface area contributed by atoms with Gasteiger partial charge in [0.25, 0.3) is 0 Å². The minimum Gasteiger partial charge on any atom is -0.336 e. The number of pyridine rings is 1. The summed E-state index contributed by atoms with van der Waals surface area (Å²) in [4.78, 5) is 37.3. The fraction of sp³-hybridized carbons (Fsp3) is 0.387. The number of para-hydroxylation sites is 1. The van der Waals surface area contributed by atoms with Crippen LogP contribution in [-0.2, 0) is 29.1 Å². The fourth-order valence-corrected chi connectivity index (χ4v) is 5.91. The van der Waals surface area contributed by atoms with Crippen molar-refractivity contribution in [1.82, 2.24) is 14.8 Å². The molecule has 6 heteroatoms. The normalized spacial score (nSPS) is 20.3. The van der Waals surface area contributed by atoms with Crippen molar-refractivity contribution in [1.29, 1.82) is 0 Å². The van der Waals surface area contributed by atoms with Crippen LogP contribution in [0.25, 0.3) is 0 Å². The second-order valence-corrected chi connectivity index (χ2v) is 10.4. The first-order chi connectivity index (χ1) is 18.0. The number of amides is 2. The highest BCUT2D eigenvalue weighted by Crippen LogP contribution is 2.32. The van der Waals surface area contributed by atoms with E-state index in [0.717, 1.165) is 48.2 Å². The highest BCUT2D eigenvalue weighted by molar-refractivity contribution is 5.92. The summed E-state index contributed by atoms with van der Waals surface area (Å²) in [7, 11) is 0. The third-order valence-electron chi connectivity index (χ3n) is 7.98. The summed E-state index contributed by atoms with van der Waals surface area (Å²) in [5.41, 5.74) is 5.37. The molecule has 1 aromatic heterocycles. The van der Waals surface area contributed by atoms with Crippen molar-refractivity contribution in [3.8, 4) is 0 Å². The van der Waals surface area contributed by atoms with Gasteiger partial charge in [-0.15, -0.1) is 0 Å². The second-order valence-electron chi connectivity index (χ2n) is 10.4. The van der Waals surface area contributed by atoms with Crippen LogP contribution in [0.1, 0.15) is 48.4 Å². The van der Waals surface area contributed by atoms with Crippen LogP contribution in [0.4, 0.5) is 5.69 Å². The summed E-state index contributed by atoms with van der Waals surface area (Å²) in [6, 6.07) is 21.0. The first kappa shape index (κ1) is 25.2. The molecule has 0 N–H and O–H groups in total. The van der Waals surface area contributed by atoms with E-state index in [1.807, 2.05) is 58.6 Å². The summed E-state index contributed by atoms with van der Waals surface area (Å²) in [6.45, 7) is 6.38. The van der Waals surface area contributed by atoms with Crippen molar-refractivity contribution in [3.63, 3.8) is 0 Å². The van der Waals surface area contributed by atoms with Crippen LogP contribution in [0, 0.1) is 6.92 Å². The van der Waals surface area contributed by atoms with Gasteiger partial charge in [-0.3, -0.25) is 19.5 Å². The maximum atomic E-state index is 13.9. The van der Waals surface area contributed by atoms with Gasteiger partial charge in [-0.2, -0.15) is 0 Å². The molecule has 192 valence electrons. The molecule has 5 rings (SSSR count). The molecule has 2 atom stereocenters. The Morgan fingerprint density at radius 2 is 1.65 bits per heavy atom. The van der Waals surface area contributed by atoms with Crippen molar-refractivity contribution in [2.75, 3.05) is 18.0 Å². The molecule has 1 saturated heterocycles. The van der Waals surface area contributed by atoms with E-state index in [9.17, 15) is 9.59 Å². The van der Waals surface area contributed by atoms with Crippen molar-refractivity contribution in [3.05, 3.63) is 95.3 Å². The Hall–Kier alpha value is -3.51. The van der Waals surface area contributed by atoms with Crippen LogP contribution < -0.4 is 4.90 Å². The molecule has 3 aromatic rings. The number of aromatic nitrogens is 1. The average Bonchev–Trinajstić information content (AvgIpc) is 3.25. The zero-order valence-corrected chi connectivity index (χ0v) is 21.8. The number of hydrogen-bond acceptors (Lipinski definition) is 4. The van der Waals surface area contributed by atoms with Crippen molar-refractivity contribution < 1.29 is 9.59 Å². The van der Waals surface area contributed by atoms with Gasteiger partial charge in [-0.25, -0.2) is 0 Å². The van der Waals surface area contributed by atoms with Crippen molar-refractivity contribution in [2.24, 2.45) is 0 Å². The van der Waals surface area contributed by atoms with Crippen LogP contribution in [0.5, 0.6) is 0 Å². The number of rotatable bonds is 4. The van der Waals surface area contributed by atoms with Gasteiger partial charge in [0.1, 0.15) is 0 Å². The van der Waals surface area contributed by atoms with E-state index in [-0.39, 0.29) is 17.9 Å². The largest absolute Gasteiger partial charge is 0.336 e. The zero-order valence-electron chi connectivity index (χ0n) is 21.8. The molecule has 2 aliphatic heterocycles. The van der Waals surface area contributed by atoms with Gasteiger partial charge in [0, 0.05) is 63.3 Å². The maximum Gasteiger partial charge on any atom is 0.227 e. The number of hydrogen-bond donors (Lipinski definition) is 0. The number of fused-ring (bicyclic) bond motifs is 3. The number of anilines is 1. The first-order valence-corrected chi connectivity index (χ1v) is 13.3. The fourth-order valence-electron chi connectivity index (χ4n) is 5.91. The van der Waals surface area contributed by atoms with E-state index in [1.54, 1.807) is 6.92 Å². The van der Waals surface area contributed by atoms with E-state index in [0.29, 0.717) is 32.1 Å². The minimum absolute atomic E-state index is 0.0414. The highest BCUT2D eigenvalue weighted by atomic mass is 16.2. The molecule has 2 unspecified atom stereocenters. The zero-order chi connectivity index (χ0) is 25.8. The Labute approximate surface area is 219 Å². The molecule has 3 heterocycles. The quantitative estimate of drug-likeness (QED) is 0.523. The van der Waals surface area contributed by atoms with Gasteiger partial charge in [-0.05, 0) is 66.6 Å². The van der Waals surface area contributed by atoms with Crippen LogP contribution in [0.3, 0.4) is 0 Å². The minimum atomic E-state index is 0.0414. The second kappa shape index (κ2) is 11.3. The van der Waals surface area contributed by atoms with E-state index in [4.69, 9.17) is 0 Å². The SMILES string of the molecule is CC(=O)N1CCC2CCC(CN(C(=O)Cc3ccccc3C)Cc3ccccc31)N2Cc1ccncc1. The van der Waals surface area contributed by atoms with Gasteiger partial charge < -0.3 is 9.80 Å². The molecular weight excluding hydrogens is 460 g/mol. The Morgan fingerprint density at radius 1 is 0.919 bits per heavy atom. The van der Waals surface area contributed by atoms with Gasteiger partial charge >= 0.3 is 0 Å². The Morgan fingerprint density at radius 3 is 2.43 bits per heavy atom. The summed E-state index contributed by atoms with van der Waals surface area (Å²) >= 11 is 0. The monoisotopic (exact) mass is 496 g/mol. The third kappa shape index (κ3) is 5.75. The average molecular weight is 497 g/mol. The van der Waals surface area contributed by atoms with Gasteiger partial charge in [0.15, 0.2) is 0 Å². The van der Waals surface area contributed by atoms with Crippen LogP contribution in [0.2, 0.25) is 0 Å². The molecule has 2 aliphatic rings. The topological polar surface area (TPSA) is 56.8 Å². The maximum absolute atomic E-state index is 13.9. The van der Waals surface area contributed by atoms with Crippen molar-refractivity contribution >= 4 is 17.5 Å². The van der Waals surface area contributed by atoms with E-state index < -0.39 is 0 Å². The van der Waals surface area contributed by atoms with Gasteiger partial charge in [0.2, 0.25) is 11.8 Å². The number of aryl methyl sites for hydroxylation is 1. The number of nitrogens with zero attached hydrogens (tertiary/aromatic N) is 4. The summed E-state index contributed by atoms with van der Waals surface area (Å²) in [6.07, 6.45) is 7.10. The summed E-state index contributed by atoms with van der Waals surface area (Å²) < 4.78 is 0. The molecule has 2 amide bonds. The lowest BCUT2D eigenvalue weighted by Crippen LogP contribution is -2.45. The predicted molar refractivity (Wildman–Crippen MR) is 146 cm³/mol. The number of carbonyl (C=O) groups is 2. The van der Waals surface area contributed by atoms with Crippen LogP contribution in [0.15, 0.2) is 73.1 Å².